The Morgan fingerprint density at radius 3 is 2.18 bits per heavy atom. The number of hydrogen-bond acceptors (Lipinski definition) is 5. The summed E-state index contributed by atoms with van der Waals surface area (Å²) in [4.78, 5) is 31.4. The third-order valence-corrected chi connectivity index (χ3v) is 9.45. The van der Waals surface area contributed by atoms with Gasteiger partial charge in [-0.25, -0.2) is 15.2 Å². The highest BCUT2D eigenvalue weighted by Crippen LogP contribution is 2.60. The van der Waals surface area contributed by atoms with Crippen molar-refractivity contribution in [2.45, 2.75) is 33.2 Å². The molecular formula is C37H37N5O3. The summed E-state index contributed by atoms with van der Waals surface area (Å²) in [6.45, 7) is 12.0. The van der Waals surface area contributed by atoms with Crippen LogP contribution in [0, 0.1) is 0 Å². The number of amides is 3. The monoisotopic (exact) mass is 599 g/mol. The molecule has 2 aliphatic rings. The lowest BCUT2D eigenvalue weighted by Gasteiger charge is -2.44. The second kappa shape index (κ2) is 10.7. The molecule has 8 nitrogen and oxygen atoms in total. The van der Waals surface area contributed by atoms with Gasteiger partial charge in [-0.2, -0.15) is 0 Å². The van der Waals surface area contributed by atoms with Crippen LogP contribution in [-0.2, 0) is 5.54 Å². The highest BCUT2D eigenvalue weighted by molar-refractivity contribution is 6.07. The Balaban J connectivity index is 1.63. The molecule has 3 N–H and O–H groups in total. The Kier molecular flexibility index (Phi) is 6.80. The van der Waals surface area contributed by atoms with Gasteiger partial charge in [0.15, 0.2) is 0 Å². The third kappa shape index (κ3) is 3.98. The van der Waals surface area contributed by atoms with E-state index in [0.29, 0.717) is 17.1 Å². The van der Waals surface area contributed by atoms with Gasteiger partial charge in [0, 0.05) is 70.6 Å². The topological polar surface area (TPSA) is 91.1 Å². The minimum Gasteiger partial charge on any atom is -0.455 e. The van der Waals surface area contributed by atoms with Crippen LogP contribution in [-0.4, -0.2) is 43.1 Å². The summed E-state index contributed by atoms with van der Waals surface area (Å²) in [6.07, 6.45) is 0. The van der Waals surface area contributed by atoms with Crippen molar-refractivity contribution in [1.82, 2.24) is 10.4 Å². The van der Waals surface area contributed by atoms with Crippen LogP contribution in [0.25, 0.3) is 21.5 Å². The van der Waals surface area contributed by atoms with E-state index in [9.17, 15) is 9.59 Å². The number of primary amides is 1. The number of hydrazine groups is 1. The van der Waals surface area contributed by atoms with Gasteiger partial charge in [-0.1, -0.05) is 54.6 Å². The molecule has 1 atom stereocenters. The zero-order valence-corrected chi connectivity index (χ0v) is 26.1. The van der Waals surface area contributed by atoms with E-state index in [1.807, 2.05) is 30.3 Å². The van der Waals surface area contributed by atoms with Gasteiger partial charge < -0.3 is 20.3 Å². The number of fused-ring (bicyclic) bond motifs is 10. The molecule has 7 rings (SSSR count). The lowest BCUT2D eigenvalue weighted by molar-refractivity contribution is 0.0557. The van der Waals surface area contributed by atoms with E-state index in [4.69, 9.17) is 10.5 Å². The van der Waals surface area contributed by atoms with Crippen molar-refractivity contribution in [2.75, 3.05) is 36.0 Å². The first-order valence-corrected chi connectivity index (χ1v) is 15.7. The number of hydrogen-bond donors (Lipinski definition) is 2. The summed E-state index contributed by atoms with van der Waals surface area (Å²) in [5, 5.41) is 5.32. The summed E-state index contributed by atoms with van der Waals surface area (Å²) in [7, 11) is 0. The predicted octanol–water partition coefficient (Wildman–Crippen LogP) is 7.12. The van der Waals surface area contributed by atoms with E-state index in [2.05, 4.69) is 91.5 Å². The number of anilines is 2. The van der Waals surface area contributed by atoms with Crippen molar-refractivity contribution in [3.8, 4) is 11.5 Å². The highest BCUT2D eigenvalue weighted by atomic mass is 16.5. The number of carbonyl (C=O) groups excluding carboxylic acids is 2. The molecule has 0 aromatic heterocycles. The average molecular weight is 600 g/mol. The van der Waals surface area contributed by atoms with Crippen LogP contribution in [0.1, 0.15) is 54.7 Å². The molecule has 0 radical (unpaired) electrons. The van der Waals surface area contributed by atoms with Crippen molar-refractivity contribution in [2.24, 2.45) is 5.73 Å². The van der Waals surface area contributed by atoms with Crippen LogP contribution in [0.5, 0.6) is 11.5 Å². The minimum absolute atomic E-state index is 0.336. The zero-order chi connectivity index (χ0) is 31.5. The standard InChI is InChI=1S/C37H37N5O3/c1-5-40(6-2)25-18-19-26-24(22-25)17-21-29-33(26)45-34-30(20-16-23-12-11-15-31(32(23)34)41(7-3)8-4)37(29)28-14-10-9-13-27(28)35(43)42(37)39-36(38)44/h9-22H,5-8H2,1-4H3,(H3,38,39,44). The molecule has 0 bridgehead atoms. The summed E-state index contributed by atoms with van der Waals surface area (Å²) in [6, 6.07) is 27.6. The molecule has 0 saturated carbocycles. The largest absolute Gasteiger partial charge is 0.455 e. The quantitative estimate of drug-likeness (QED) is 0.208. The van der Waals surface area contributed by atoms with Crippen molar-refractivity contribution < 1.29 is 14.3 Å². The molecule has 1 unspecified atom stereocenters. The molecule has 2 aliphatic heterocycles. The van der Waals surface area contributed by atoms with Gasteiger partial charge in [-0.15, -0.1) is 0 Å². The van der Waals surface area contributed by atoms with Crippen LogP contribution in [0.15, 0.2) is 84.9 Å². The Labute approximate surface area is 262 Å². The van der Waals surface area contributed by atoms with Gasteiger partial charge in [0.2, 0.25) is 0 Å². The number of nitrogens with one attached hydrogen (secondary N) is 1. The van der Waals surface area contributed by atoms with E-state index in [1.165, 1.54) is 5.01 Å². The van der Waals surface area contributed by atoms with Crippen molar-refractivity contribution in [3.05, 3.63) is 107 Å². The van der Waals surface area contributed by atoms with E-state index in [-0.39, 0.29) is 5.91 Å². The van der Waals surface area contributed by atoms with E-state index >= 15 is 0 Å². The van der Waals surface area contributed by atoms with Crippen LogP contribution in [0.3, 0.4) is 0 Å². The Hall–Kier alpha value is -5.24. The fraction of sp³-hybridized carbons (Fsp3) is 0.243. The SMILES string of the molecule is CCN(CC)c1ccc2c3c(ccc2c1)C1(c2ccccc2C(=O)N1NC(N)=O)c1ccc2cccc(N(CC)CC)c2c1O3. The van der Waals surface area contributed by atoms with Crippen molar-refractivity contribution >= 4 is 44.9 Å². The smallest absolute Gasteiger partial charge is 0.331 e. The second-order valence-electron chi connectivity index (χ2n) is 11.5. The maximum atomic E-state index is 14.2. The molecule has 5 aromatic rings. The number of ether oxygens (including phenoxy) is 1. The number of rotatable bonds is 7. The van der Waals surface area contributed by atoms with Crippen LogP contribution in [0.2, 0.25) is 0 Å². The zero-order valence-electron chi connectivity index (χ0n) is 26.1. The summed E-state index contributed by atoms with van der Waals surface area (Å²) >= 11 is 0. The molecule has 0 aliphatic carbocycles. The molecule has 45 heavy (non-hydrogen) atoms. The number of nitrogens with zero attached hydrogens (tertiary/aromatic N) is 3. The highest BCUT2D eigenvalue weighted by Gasteiger charge is 2.58. The number of carbonyl (C=O) groups is 2. The van der Waals surface area contributed by atoms with Crippen LogP contribution < -0.4 is 25.7 Å². The fourth-order valence-corrected chi connectivity index (χ4v) is 7.42. The van der Waals surface area contributed by atoms with Gasteiger partial charge in [0.05, 0.1) is 0 Å². The first kappa shape index (κ1) is 28.5. The fourth-order valence-electron chi connectivity index (χ4n) is 7.42. The molecule has 3 amide bonds. The van der Waals surface area contributed by atoms with Crippen molar-refractivity contribution in [3.63, 3.8) is 0 Å². The maximum Gasteiger partial charge on any atom is 0.331 e. The van der Waals surface area contributed by atoms with Crippen molar-refractivity contribution in [1.29, 1.82) is 0 Å². The second-order valence-corrected chi connectivity index (χ2v) is 11.5. The molecule has 0 saturated heterocycles. The van der Waals surface area contributed by atoms with Crippen LogP contribution >= 0.6 is 0 Å². The first-order chi connectivity index (χ1) is 21.9. The first-order valence-electron chi connectivity index (χ1n) is 15.7. The molecule has 228 valence electrons. The minimum atomic E-state index is -1.23. The summed E-state index contributed by atoms with van der Waals surface area (Å²) < 4.78 is 7.10. The number of urea groups is 1. The predicted molar refractivity (Wildman–Crippen MR) is 180 cm³/mol. The Morgan fingerprint density at radius 2 is 1.47 bits per heavy atom. The lowest BCUT2D eigenvalue weighted by Crippen LogP contribution is -2.57. The van der Waals surface area contributed by atoms with Gasteiger partial charge in [-0.05, 0) is 68.8 Å². The molecule has 1 spiro atoms. The number of nitrogens with two attached hydrogens (primary N) is 1. The molecule has 5 aromatic carbocycles. The molecular weight excluding hydrogens is 562 g/mol. The lowest BCUT2D eigenvalue weighted by atomic mass is 9.74. The van der Waals surface area contributed by atoms with Gasteiger partial charge in [0.25, 0.3) is 5.91 Å². The Morgan fingerprint density at radius 1 is 0.778 bits per heavy atom. The Bertz CT molecular complexity index is 2000. The summed E-state index contributed by atoms with van der Waals surface area (Å²) in [5.74, 6) is 0.967. The van der Waals surface area contributed by atoms with E-state index in [0.717, 1.165) is 75.8 Å². The van der Waals surface area contributed by atoms with E-state index in [1.54, 1.807) is 6.07 Å². The normalized spacial score (nSPS) is 16.4. The molecule has 8 heteroatoms. The van der Waals surface area contributed by atoms with Gasteiger partial charge in [0.1, 0.15) is 17.0 Å². The third-order valence-electron chi connectivity index (χ3n) is 9.45. The van der Waals surface area contributed by atoms with Gasteiger partial charge in [-0.3, -0.25) is 4.79 Å². The number of benzene rings is 5. The van der Waals surface area contributed by atoms with Crippen LogP contribution in [0.4, 0.5) is 16.2 Å². The van der Waals surface area contributed by atoms with Gasteiger partial charge >= 0.3 is 6.03 Å². The maximum absolute atomic E-state index is 14.2. The average Bonchev–Trinajstić information content (AvgIpc) is 3.29. The summed E-state index contributed by atoms with van der Waals surface area (Å²) in [5.41, 5.74) is 12.2. The molecule has 2 heterocycles. The molecule has 0 fully saturated rings. The van der Waals surface area contributed by atoms with E-state index < -0.39 is 11.6 Å².